The zero-order valence-electron chi connectivity index (χ0n) is 8.49. The highest BCUT2D eigenvalue weighted by atomic mass is 35.5. The summed E-state index contributed by atoms with van der Waals surface area (Å²) in [7, 11) is 1.07. The lowest BCUT2D eigenvalue weighted by molar-refractivity contribution is -0.385. The standard InChI is InChI=1S/C8H7ClFN3O4/c1-17-7-5(12-8(11)14)4(10)2-3(9)6(7)13(15)16/h2H,1H3,(H3,11,12,14). The van der Waals surface area contributed by atoms with Crippen LogP contribution in [0.5, 0.6) is 5.75 Å². The number of ether oxygens (including phenoxy) is 1. The van der Waals surface area contributed by atoms with Crippen molar-refractivity contribution in [2.24, 2.45) is 5.73 Å². The lowest BCUT2D eigenvalue weighted by Gasteiger charge is -2.10. The third-order valence-electron chi connectivity index (χ3n) is 1.80. The Morgan fingerprint density at radius 3 is 2.71 bits per heavy atom. The van der Waals surface area contributed by atoms with Crippen LogP contribution in [0.4, 0.5) is 20.6 Å². The van der Waals surface area contributed by atoms with Gasteiger partial charge in [-0.3, -0.25) is 10.1 Å². The molecule has 3 N–H and O–H groups in total. The number of benzene rings is 1. The van der Waals surface area contributed by atoms with E-state index < -0.39 is 38.9 Å². The number of methoxy groups -OCH3 is 1. The van der Waals surface area contributed by atoms with Gasteiger partial charge in [0.2, 0.25) is 5.75 Å². The number of nitro groups is 1. The van der Waals surface area contributed by atoms with Gasteiger partial charge < -0.3 is 15.8 Å². The number of nitrogens with one attached hydrogen (secondary N) is 1. The van der Waals surface area contributed by atoms with Gasteiger partial charge in [0.1, 0.15) is 10.7 Å². The van der Waals surface area contributed by atoms with Crippen molar-refractivity contribution in [1.82, 2.24) is 0 Å². The first-order chi connectivity index (χ1) is 7.88. The van der Waals surface area contributed by atoms with Crippen molar-refractivity contribution in [3.8, 4) is 5.75 Å². The highest BCUT2D eigenvalue weighted by molar-refractivity contribution is 6.33. The maximum absolute atomic E-state index is 13.4. The van der Waals surface area contributed by atoms with Crippen molar-refractivity contribution in [3.63, 3.8) is 0 Å². The number of nitrogens with zero attached hydrogens (tertiary/aromatic N) is 1. The molecular formula is C8H7ClFN3O4. The third-order valence-corrected chi connectivity index (χ3v) is 2.08. The van der Waals surface area contributed by atoms with Crippen LogP contribution in [0.15, 0.2) is 6.07 Å². The number of hydrogen-bond donors (Lipinski definition) is 2. The number of primary amides is 1. The van der Waals surface area contributed by atoms with E-state index in [4.69, 9.17) is 17.3 Å². The van der Waals surface area contributed by atoms with Gasteiger partial charge in [0, 0.05) is 6.07 Å². The van der Waals surface area contributed by atoms with Crippen LogP contribution in [0.3, 0.4) is 0 Å². The van der Waals surface area contributed by atoms with Crippen LogP contribution in [0.2, 0.25) is 5.02 Å². The fraction of sp³-hybridized carbons (Fsp3) is 0.125. The summed E-state index contributed by atoms with van der Waals surface area (Å²) < 4.78 is 18.1. The molecule has 0 aliphatic rings. The summed E-state index contributed by atoms with van der Waals surface area (Å²) in [6.07, 6.45) is 0. The fourth-order valence-electron chi connectivity index (χ4n) is 1.20. The molecule has 0 aromatic heterocycles. The maximum Gasteiger partial charge on any atom is 0.331 e. The van der Waals surface area contributed by atoms with E-state index in [2.05, 4.69) is 4.74 Å². The monoisotopic (exact) mass is 263 g/mol. The molecule has 9 heteroatoms. The third kappa shape index (κ3) is 2.53. The zero-order valence-corrected chi connectivity index (χ0v) is 9.25. The molecule has 1 aromatic rings. The van der Waals surface area contributed by atoms with Gasteiger partial charge >= 0.3 is 11.7 Å². The number of rotatable bonds is 3. The normalized spacial score (nSPS) is 9.82. The predicted octanol–water partition coefficient (Wildman–Crippen LogP) is 1.89. The topological polar surface area (TPSA) is 107 Å². The molecule has 2 amide bonds. The molecule has 0 atom stereocenters. The van der Waals surface area contributed by atoms with Crippen molar-refractivity contribution in [2.75, 3.05) is 12.4 Å². The highest BCUT2D eigenvalue weighted by Crippen LogP contribution is 2.42. The number of hydrogen-bond acceptors (Lipinski definition) is 4. The number of halogens is 2. The summed E-state index contributed by atoms with van der Waals surface area (Å²) >= 11 is 5.51. The Morgan fingerprint density at radius 2 is 2.29 bits per heavy atom. The number of amides is 2. The SMILES string of the molecule is COc1c(NC(N)=O)c(F)cc(Cl)c1[N+](=O)[O-]. The molecule has 0 radical (unpaired) electrons. The Hall–Kier alpha value is -2.09. The lowest BCUT2D eigenvalue weighted by atomic mass is 10.2. The summed E-state index contributed by atoms with van der Waals surface area (Å²) in [5.41, 5.74) is 3.62. The van der Waals surface area contributed by atoms with Gasteiger partial charge in [-0.2, -0.15) is 0 Å². The first kappa shape index (κ1) is 13.0. The molecule has 1 rings (SSSR count). The zero-order chi connectivity index (χ0) is 13.2. The minimum atomic E-state index is -1.08. The van der Waals surface area contributed by atoms with E-state index in [1.54, 1.807) is 0 Å². The number of carbonyl (C=O) groups excluding carboxylic acids is 1. The summed E-state index contributed by atoms with van der Waals surface area (Å²) in [5.74, 6) is -1.49. The summed E-state index contributed by atoms with van der Waals surface area (Å²) in [6, 6.07) is -0.396. The van der Waals surface area contributed by atoms with Crippen LogP contribution in [-0.2, 0) is 0 Å². The van der Waals surface area contributed by atoms with Gasteiger partial charge in [-0.1, -0.05) is 11.6 Å². The molecule has 7 nitrogen and oxygen atoms in total. The first-order valence-electron chi connectivity index (χ1n) is 4.15. The van der Waals surface area contributed by atoms with Crippen molar-refractivity contribution >= 4 is 29.0 Å². The highest BCUT2D eigenvalue weighted by Gasteiger charge is 2.27. The van der Waals surface area contributed by atoms with Crippen LogP contribution in [0.1, 0.15) is 0 Å². The van der Waals surface area contributed by atoms with Crippen molar-refractivity contribution < 1.29 is 18.8 Å². The van der Waals surface area contributed by atoms with E-state index in [1.807, 2.05) is 5.32 Å². The summed E-state index contributed by atoms with van der Waals surface area (Å²) in [4.78, 5) is 20.5. The molecule has 0 unspecified atom stereocenters. The van der Waals surface area contributed by atoms with Crippen LogP contribution in [0, 0.1) is 15.9 Å². The number of nitrogens with two attached hydrogens (primary N) is 1. The molecule has 92 valence electrons. The quantitative estimate of drug-likeness (QED) is 0.641. The van der Waals surface area contributed by atoms with E-state index in [9.17, 15) is 19.3 Å². The van der Waals surface area contributed by atoms with Gasteiger partial charge in [0.15, 0.2) is 5.82 Å². The van der Waals surface area contributed by atoms with E-state index in [1.165, 1.54) is 0 Å². The van der Waals surface area contributed by atoms with Crippen molar-refractivity contribution in [1.29, 1.82) is 0 Å². The molecular weight excluding hydrogens is 257 g/mol. The van der Waals surface area contributed by atoms with Gasteiger partial charge in [-0.15, -0.1) is 0 Å². The lowest BCUT2D eigenvalue weighted by Crippen LogP contribution is -2.21. The largest absolute Gasteiger partial charge is 0.489 e. The molecule has 0 aliphatic heterocycles. The smallest absolute Gasteiger partial charge is 0.331 e. The summed E-state index contributed by atoms with van der Waals surface area (Å²) in [5, 5.41) is 12.2. The predicted molar refractivity (Wildman–Crippen MR) is 57.8 cm³/mol. The van der Waals surface area contributed by atoms with Crippen LogP contribution in [-0.4, -0.2) is 18.1 Å². The van der Waals surface area contributed by atoms with E-state index >= 15 is 0 Å². The van der Waals surface area contributed by atoms with Gasteiger partial charge in [0.05, 0.1) is 12.0 Å². The number of nitro benzene ring substituents is 1. The van der Waals surface area contributed by atoms with Crippen LogP contribution < -0.4 is 15.8 Å². The number of urea groups is 1. The minimum Gasteiger partial charge on any atom is -0.489 e. The number of anilines is 1. The average Bonchev–Trinajstić information content (AvgIpc) is 2.20. The molecule has 0 fully saturated rings. The summed E-state index contributed by atoms with van der Waals surface area (Å²) in [6.45, 7) is 0. The van der Waals surface area contributed by atoms with E-state index in [0.717, 1.165) is 7.11 Å². The van der Waals surface area contributed by atoms with Gasteiger partial charge in [-0.05, 0) is 0 Å². The Bertz CT molecular complexity index is 494. The Labute approximate surface area is 99.4 Å². The van der Waals surface area contributed by atoms with Crippen molar-refractivity contribution in [2.45, 2.75) is 0 Å². The maximum atomic E-state index is 13.4. The molecule has 1 aromatic carbocycles. The van der Waals surface area contributed by atoms with Gasteiger partial charge in [-0.25, -0.2) is 9.18 Å². The van der Waals surface area contributed by atoms with E-state index in [-0.39, 0.29) is 0 Å². The Kier molecular flexibility index (Phi) is 3.69. The van der Waals surface area contributed by atoms with E-state index in [0.29, 0.717) is 6.07 Å². The Balaban J connectivity index is 3.52. The average molecular weight is 264 g/mol. The van der Waals surface area contributed by atoms with Crippen molar-refractivity contribution in [3.05, 3.63) is 27.0 Å². The molecule has 0 spiro atoms. The fourth-order valence-corrected chi connectivity index (χ4v) is 1.45. The molecule has 0 aliphatic carbocycles. The first-order valence-corrected chi connectivity index (χ1v) is 4.53. The Morgan fingerprint density at radius 1 is 1.71 bits per heavy atom. The molecule has 0 saturated carbocycles. The van der Waals surface area contributed by atoms with Gasteiger partial charge in [0.25, 0.3) is 0 Å². The molecule has 0 bridgehead atoms. The molecule has 0 heterocycles. The number of carbonyl (C=O) groups is 1. The second-order valence-corrected chi connectivity index (χ2v) is 3.25. The molecule has 0 saturated heterocycles. The van der Waals surface area contributed by atoms with Crippen LogP contribution >= 0.6 is 11.6 Å². The molecule has 17 heavy (non-hydrogen) atoms. The second kappa shape index (κ2) is 4.83. The minimum absolute atomic E-state index is 0.445. The second-order valence-electron chi connectivity index (χ2n) is 2.84. The van der Waals surface area contributed by atoms with Crippen LogP contribution in [0.25, 0.3) is 0 Å².